The third-order valence-electron chi connectivity index (χ3n) is 4.54. The lowest BCUT2D eigenvalue weighted by molar-refractivity contribution is -0.144. The maximum atomic E-state index is 11.4. The molecule has 0 aliphatic heterocycles. The predicted octanol–water partition coefficient (Wildman–Crippen LogP) is 3.90. The molecule has 0 radical (unpaired) electrons. The van der Waals surface area contributed by atoms with E-state index < -0.39 is 14.3 Å². The summed E-state index contributed by atoms with van der Waals surface area (Å²) in [5, 5.41) is 9.48. The van der Waals surface area contributed by atoms with Crippen molar-refractivity contribution in [2.45, 2.75) is 71.7 Å². The Morgan fingerprint density at radius 3 is 2.17 bits per heavy atom. The van der Waals surface area contributed by atoms with Crippen molar-refractivity contribution < 1.29 is 14.3 Å². The number of carbonyl (C=O) groups is 1. The molecule has 106 valence electrons. The molecule has 3 nitrogen and oxygen atoms in total. The first-order chi connectivity index (χ1) is 7.86. The van der Waals surface area contributed by atoms with Crippen molar-refractivity contribution in [3.63, 3.8) is 0 Å². The van der Waals surface area contributed by atoms with Gasteiger partial charge in [0.2, 0.25) is 0 Å². The fourth-order valence-corrected chi connectivity index (χ4v) is 3.78. The molecule has 0 spiro atoms. The van der Waals surface area contributed by atoms with Crippen LogP contribution >= 0.6 is 0 Å². The van der Waals surface area contributed by atoms with E-state index in [-0.39, 0.29) is 22.5 Å². The highest BCUT2D eigenvalue weighted by atomic mass is 28.4. The molecule has 0 aromatic carbocycles. The van der Waals surface area contributed by atoms with Crippen LogP contribution in [-0.4, -0.2) is 25.5 Å². The minimum absolute atomic E-state index is 0.0795. The first kappa shape index (κ1) is 15.7. The Kier molecular flexibility index (Phi) is 4.05. The molecule has 1 saturated carbocycles. The second-order valence-corrected chi connectivity index (χ2v) is 12.7. The van der Waals surface area contributed by atoms with E-state index in [0.717, 1.165) is 12.8 Å². The van der Waals surface area contributed by atoms with Crippen LogP contribution < -0.4 is 0 Å². The summed E-state index contributed by atoms with van der Waals surface area (Å²) in [4.78, 5) is 11.4. The van der Waals surface area contributed by atoms with Gasteiger partial charge in [-0.3, -0.25) is 4.79 Å². The van der Waals surface area contributed by atoms with Crippen LogP contribution in [0, 0.1) is 11.3 Å². The van der Waals surface area contributed by atoms with E-state index in [0.29, 0.717) is 0 Å². The van der Waals surface area contributed by atoms with E-state index in [9.17, 15) is 9.90 Å². The molecule has 0 saturated heterocycles. The molecule has 1 N–H and O–H groups in total. The van der Waals surface area contributed by atoms with E-state index in [1.54, 1.807) is 0 Å². The summed E-state index contributed by atoms with van der Waals surface area (Å²) in [5.41, 5.74) is 0.0795. The van der Waals surface area contributed by atoms with Crippen LogP contribution in [0.3, 0.4) is 0 Å². The van der Waals surface area contributed by atoms with E-state index in [4.69, 9.17) is 4.43 Å². The van der Waals surface area contributed by atoms with Crippen LogP contribution in [0.4, 0.5) is 0 Å². The lowest BCUT2D eigenvalue weighted by atomic mass is 9.91. The van der Waals surface area contributed by atoms with Gasteiger partial charge in [0, 0.05) is 0 Å². The number of aliphatic carboxylic acids is 1. The zero-order valence-electron chi connectivity index (χ0n) is 12.8. The quantitative estimate of drug-likeness (QED) is 0.793. The van der Waals surface area contributed by atoms with Crippen molar-refractivity contribution in [1.82, 2.24) is 0 Å². The van der Waals surface area contributed by atoms with Crippen molar-refractivity contribution >= 4 is 14.3 Å². The fraction of sp³-hybridized carbons (Fsp3) is 0.929. The van der Waals surface area contributed by atoms with Crippen LogP contribution in [-0.2, 0) is 9.22 Å². The van der Waals surface area contributed by atoms with Crippen LogP contribution in [0.25, 0.3) is 0 Å². The normalized spacial score (nSPS) is 28.4. The summed E-state index contributed by atoms with van der Waals surface area (Å²) in [5.74, 6) is -1.04. The van der Waals surface area contributed by atoms with Gasteiger partial charge in [0.15, 0.2) is 8.32 Å². The van der Waals surface area contributed by atoms with Gasteiger partial charge in [-0.1, -0.05) is 34.6 Å². The van der Waals surface area contributed by atoms with Crippen molar-refractivity contribution in [3.05, 3.63) is 0 Å². The lowest BCUT2D eigenvalue weighted by Crippen LogP contribution is -2.45. The molecule has 0 amide bonds. The van der Waals surface area contributed by atoms with Crippen molar-refractivity contribution in [1.29, 1.82) is 0 Å². The Bertz CT molecular complexity index is 328. The summed E-state index contributed by atoms with van der Waals surface area (Å²) in [6.45, 7) is 15.2. The fourth-order valence-electron chi connectivity index (χ4n) is 2.42. The third-order valence-corrected chi connectivity index (χ3v) is 9.05. The van der Waals surface area contributed by atoms with Crippen LogP contribution in [0.2, 0.25) is 18.1 Å². The monoisotopic (exact) mass is 272 g/mol. The Morgan fingerprint density at radius 1 is 1.28 bits per heavy atom. The highest BCUT2D eigenvalue weighted by molar-refractivity contribution is 6.74. The molecular weight excluding hydrogens is 244 g/mol. The maximum Gasteiger partial charge on any atom is 0.309 e. The Morgan fingerprint density at radius 2 is 1.78 bits per heavy atom. The van der Waals surface area contributed by atoms with Gasteiger partial charge in [-0.05, 0) is 36.4 Å². The summed E-state index contributed by atoms with van der Waals surface area (Å²) in [6, 6.07) is 0. The molecule has 1 aliphatic rings. The molecule has 4 heteroatoms. The van der Waals surface area contributed by atoms with Gasteiger partial charge >= 0.3 is 5.97 Å². The molecule has 1 rings (SSSR count). The molecule has 18 heavy (non-hydrogen) atoms. The first-order valence-electron chi connectivity index (χ1n) is 6.76. The number of hydrogen-bond donors (Lipinski definition) is 1. The summed E-state index contributed by atoms with van der Waals surface area (Å²) >= 11 is 0. The summed E-state index contributed by atoms with van der Waals surface area (Å²) in [7, 11) is -1.88. The van der Waals surface area contributed by atoms with Gasteiger partial charge in [-0.2, -0.15) is 0 Å². The van der Waals surface area contributed by atoms with Gasteiger partial charge in [-0.25, -0.2) is 0 Å². The predicted molar refractivity (Wildman–Crippen MR) is 76.2 cm³/mol. The molecule has 0 heterocycles. The molecule has 2 atom stereocenters. The van der Waals surface area contributed by atoms with E-state index >= 15 is 0 Å². The molecule has 0 aromatic rings. The smallest absolute Gasteiger partial charge is 0.309 e. The van der Waals surface area contributed by atoms with Crippen LogP contribution in [0.5, 0.6) is 0 Å². The second kappa shape index (κ2) is 4.64. The van der Waals surface area contributed by atoms with Crippen molar-refractivity contribution in [3.8, 4) is 0 Å². The minimum atomic E-state index is -1.88. The average Bonchev–Trinajstić information content (AvgIpc) is 2.38. The largest absolute Gasteiger partial charge is 0.481 e. The Labute approximate surface area is 112 Å². The van der Waals surface area contributed by atoms with Crippen molar-refractivity contribution in [2.75, 3.05) is 0 Å². The van der Waals surface area contributed by atoms with Crippen LogP contribution in [0.15, 0.2) is 0 Å². The molecule has 0 unspecified atom stereocenters. The van der Waals surface area contributed by atoms with Gasteiger partial charge in [-0.15, -0.1) is 0 Å². The molecule has 1 fully saturated rings. The number of carboxylic acid groups (broad SMARTS) is 1. The zero-order valence-corrected chi connectivity index (χ0v) is 13.8. The molecule has 0 bridgehead atoms. The Balaban J connectivity index is 2.86. The summed E-state index contributed by atoms with van der Waals surface area (Å²) < 4.78 is 6.33. The highest BCUT2D eigenvalue weighted by Gasteiger charge is 2.48. The topological polar surface area (TPSA) is 46.5 Å². The standard InChI is InChI=1S/C14H28O3Si/c1-13(2,3)18(6,7)17-11-9-14(4,5)8-10(11)12(15)16/h10-11H,8-9H2,1-7H3,(H,15,16)/t10-,11-/m0/s1. The number of rotatable bonds is 3. The van der Waals surface area contributed by atoms with Gasteiger partial charge in [0.05, 0.1) is 12.0 Å². The average molecular weight is 272 g/mol. The van der Waals surface area contributed by atoms with Gasteiger partial charge in [0.25, 0.3) is 0 Å². The molecular formula is C14H28O3Si. The SMILES string of the molecule is CC1(C)C[C@H](O[Si](C)(C)C(C)(C)C)[C@@H](C(=O)O)C1. The lowest BCUT2D eigenvalue weighted by Gasteiger charge is -2.39. The first-order valence-corrected chi connectivity index (χ1v) is 9.67. The second-order valence-electron chi connectivity index (χ2n) is 7.93. The van der Waals surface area contributed by atoms with Gasteiger partial charge in [0.1, 0.15) is 0 Å². The van der Waals surface area contributed by atoms with E-state index in [1.807, 2.05) is 0 Å². The summed E-state index contributed by atoms with van der Waals surface area (Å²) in [6.07, 6.45) is 1.47. The highest BCUT2D eigenvalue weighted by Crippen LogP contribution is 2.46. The Hall–Kier alpha value is -0.353. The molecule has 1 aliphatic carbocycles. The number of hydrogen-bond acceptors (Lipinski definition) is 2. The zero-order chi connectivity index (χ0) is 14.4. The van der Waals surface area contributed by atoms with Crippen molar-refractivity contribution in [2.24, 2.45) is 11.3 Å². The van der Waals surface area contributed by atoms with Gasteiger partial charge < -0.3 is 9.53 Å². The third kappa shape index (κ3) is 3.35. The van der Waals surface area contributed by atoms with E-state index in [2.05, 4.69) is 47.7 Å². The molecule has 0 aromatic heterocycles. The van der Waals surface area contributed by atoms with Crippen LogP contribution in [0.1, 0.15) is 47.5 Å². The minimum Gasteiger partial charge on any atom is -0.481 e. The maximum absolute atomic E-state index is 11.4. The number of carboxylic acids is 1. The van der Waals surface area contributed by atoms with E-state index in [1.165, 1.54) is 0 Å².